The molecule has 0 aromatic rings. The molecule has 0 radical (unpaired) electrons. The molecule has 0 aromatic carbocycles. The lowest BCUT2D eigenvalue weighted by molar-refractivity contribution is 0.527. The number of halogens is 1. The van der Waals surface area contributed by atoms with Crippen LogP contribution in [-0.2, 0) is 0 Å². The Morgan fingerprint density at radius 3 is 2.78 bits per heavy atom. The van der Waals surface area contributed by atoms with Crippen LogP contribution in [0.3, 0.4) is 0 Å². The van der Waals surface area contributed by atoms with Gasteiger partial charge in [-0.3, -0.25) is 3.53 Å². The molecule has 0 aliphatic heterocycles. The lowest BCUT2D eigenvalue weighted by Crippen LogP contribution is -2.12. The van der Waals surface area contributed by atoms with Crippen molar-refractivity contribution in [1.82, 2.24) is 3.53 Å². The highest BCUT2D eigenvalue weighted by atomic mass is 127. The fraction of sp³-hybridized carbons (Fsp3) is 0.714. The van der Waals surface area contributed by atoms with Crippen LogP contribution in [0.2, 0.25) is 0 Å². The summed E-state index contributed by atoms with van der Waals surface area (Å²) < 4.78 is 3.08. The van der Waals surface area contributed by atoms with Crippen LogP contribution >= 0.6 is 22.9 Å². The van der Waals surface area contributed by atoms with Gasteiger partial charge in [0.15, 0.2) is 0 Å². The predicted octanol–water partition coefficient (Wildman–Crippen LogP) is 1.98. The van der Waals surface area contributed by atoms with E-state index in [-0.39, 0.29) is 0 Å². The standard InChI is InChI=1S/C7H12IN/c1-3-5-7(4-2)6-9-8/h1,7,9H,4-6H2,2H3. The maximum atomic E-state index is 5.16. The van der Waals surface area contributed by atoms with E-state index in [1.165, 1.54) is 6.42 Å². The first kappa shape index (κ1) is 9.25. The zero-order chi connectivity index (χ0) is 7.11. The summed E-state index contributed by atoms with van der Waals surface area (Å²) in [6.45, 7) is 3.19. The average molecular weight is 237 g/mol. The van der Waals surface area contributed by atoms with E-state index >= 15 is 0 Å². The van der Waals surface area contributed by atoms with Crippen molar-refractivity contribution in [3.05, 3.63) is 0 Å². The van der Waals surface area contributed by atoms with Gasteiger partial charge in [0.1, 0.15) is 0 Å². The highest BCUT2D eigenvalue weighted by Crippen LogP contribution is 2.05. The molecule has 0 saturated carbocycles. The molecule has 0 amide bonds. The van der Waals surface area contributed by atoms with Gasteiger partial charge >= 0.3 is 0 Å². The van der Waals surface area contributed by atoms with Crippen molar-refractivity contribution in [2.45, 2.75) is 19.8 Å². The third-order valence-electron chi connectivity index (χ3n) is 1.35. The Morgan fingerprint density at radius 1 is 1.78 bits per heavy atom. The largest absolute Gasteiger partial charge is 0.261 e. The lowest BCUT2D eigenvalue weighted by atomic mass is 10.0. The minimum Gasteiger partial charge on any atom is -0.261 e. The van der Waals surface area contributed by atoms with Gasteiger partial charge in [-0.05, 0) is 5.92 Å². The zero-order valence-electron chi connectivity index (χ0n) is 5.65. The van der Waals surface area contributed by atoms with Crippen molar-refractivity contribution >= 4 is 22.9 Å². The summed E-state index contributed by atoms with van der Waals surface area (Å²) >= 11 is 2.15. The molecule has 0 saturated heterocycles. The molecule has 0 aliphatic rings. The molecule has 52 valence electrons. The second kappa shape index (κ2) is 6.37. The average Bonchev–Trinajstić information content (AvgIpc) is 1.88. The highest BCUT2D eigenvalue weighted by molar-refractivity contribution is 14.1. The molecule has 0 fully saturated rings. The molecule has 2 heteroatoms. The molecule has 0 aliphatic carbocycles. The van der Waals surface area contributed by atoms with Crippen LogP contribution in [0.25, 0.3) is 0 Å². The van der Waals surface area contributed by atoms with Gasteiger partial charge in [-0.15, -0.1) is 12.3 Å². The Hall–Kier alpha value is 0.250. The Labute approximate surface area is 71.1 Å². The molecular formula is C7H12IN. The molecule has 9 heavy (non-hydrogen) atoms. The minimum atomic E-state index is 0.659. The summed E-state index contributed by atoms with van der Waals surface area (Å²) in [7, 11) is 0. The molecule has 0 heterocycles. The van der Waals surface area contributed by atoms with Crippen LogP contribution in [0.1, 0.15) is 19.8 Å². The van der Waals surface area contributed by atoms with Crippen LogP contribution < -0.4 is 3.53 Å². The SMILES string of the molecule is C#CCC(CC)CNI. The maximum Gasteiger partial charge on any atom is 0.0169 e. The summed E-state index contributed by atoms with van der Waals surface area (Å²) in [5.41, 5.74) is 0. The predicted molar refractivity (Wildman–Crippen MR) is 49.3 cm³/mol. The molecule has 0 spiro atoms. The molecule has 1 unspecified atom stereocenters. The fourth-order valence-electron chi connectivity index (χ4n) is 0.637. The van der Waals surface area contributed by atoms with Crippen molar-refractivity contribution in [2.75, 3.05) is 6.54 Å². The van der Waals surface area contributed by atoms with E-state index in [4.69, 9.17) is 6.42 Å². The van der Waals surface area contributed by atoms with Gasteiger partial charge in [-0.25, -0.2) is 0 Å². The topological polar surface area (TPSA) is 12.0 Å². The summed E-state index contributed by atoms with van der Waals surface area (Å²) in [5, 5.41) is 0. The van der Waals surface area contributed by atoms with Crippen LogP contribution in [0.4, 0.5) is 0 Å². The molecule has 1 nitrogen and oxygen atoms in total. The van der Waals surface area contributed by atoms with Gasteiger partial charge in [0.25, 0.3) is 0 Å². The van der Waals surface area contributed by atoms with Gasteiger partial charge in [0.2, 0.25) is 0 Å². The van der Waals surface area contributed by atoms with Crippen molar-refractivity contribution in [2.24, 2.45) is 5.92 Å². The number of hydrogen-bond acceptors (Lipinski definition) is 1. The summed E-state index contributed by atoms with van der Waals surface area (Å²) in [4.78, 5) is 0. The number of nitrogens with one attached hydrogen (secondary N) is 1. The van der Waals surface area contributed by atoms with Gasteiger partial charge in [-0.1, -0.05) is 13.3 Å². The molecule has 1 N–H and O–H groups in total. The lowest BCUT2D eigenvalue weighted by Gasteiger charge is -2.07. The van der Waals surface area contributed by atoms with E-state index in [0.29, 0.717) is 5.92 Å². The van der Waals surface area contributed by atoms with E-state index in [1.807, 2.05) is 0 Å². The Balaban J connectivity index is 3.32. The molecule has 0 aromatic heterocycles. The quantitative estimate of drug-likeness (QED) is 0.448. The fourth-order valence-corrected chi connectivity index (χ4v) is 1.26. The molecular weight excluding hydrogens is 225 g/mol. The van der Waals surface area contributed by atoms with Gasteiger partial charge < -0.3 is 0 Å². The van der Waals surface area contributed by atoms with Crippen LogP contribution in [0.5, 0.6) is 0 Å². The first-order valence-corrected chi connectivity index (χ1v) is 4.20. The smallest absolute Gasteiger partial charge is 0.0169 e. The summed E-state index contributed by atoms with van der Waals surface area (Å²) in [5.74, 6) is 3.32. The van der Waals surface area contributed by atoms with Crippen molar-refractivity contribution < 1.29 is 0 Å². The highest BCUT2D eigenvalue weighted by Gasteiger charge is 2.00. The van der Waals surface area contributed by atoms with E-state index < -0.39 is 0 Å². The number of terminal acetylenes is 1. The minimum absolute atomic E-state index is 0.659. The van der Waals surface area contributed by atoms with Crippen molar-refractivity contribution in [3.63, 3.8) is 0 Å². The Morgan fingerprint density at radius 2 is 2.44 bits per heavy atom. The van der Waals surface area contributed by atoms with Crippen LogP contribution in [-0.4, -0.2) is 6.54 Å². The van der Waals surface area contributed by atoms with Gasteiger partial charge in [0.05, 0.1) is 0 Å². The molecule has 0 rings (SSSR count). The van der Waals surface area contributed by atoms with Crippen molar-refractivity contribution in [3.8, 4) is 12.3 Å². The monoisotopic (exact) mass is 237 g/mol. The maximum absolute atomic E-state index is 5.16. The first-order valence-electron chi connectivity index (χ1n) is 3.12. The van der Waals surface area contributed by atoms with E-state index in [2.05, 4.69) is 39.2 Å². The second-order valence-corrected chi connectivity index (χ2v) is 2.78. The Kier molecular flexibility index (Phi) is 6.55. The molecule has 0 bridgehead atoms. The summed E-state index contributed by atoms with van der Waals surface area (Å²) in [6.07, 6.45) is 7.22. The normalized spacial score (nSPS) is 12.6. The van der Waals surface area contributed by atoms with E-state index in [9.17, 15) is 0 Å². The first-order chi connectivity index (χ1) is 4.35. The van der Waals surface area contributed by atoms with Gasteiger partial charge in [-0.2, -0.15) is 0 Å². The zero-order valence-corrected chi connectivity index (χ0v) is 7.81. The molecule has 1 atom stereocenters. The third-order valence-corrected chi connectivity index (χ3v) is 1.79. The Bertz CT molecular complexity index is 95.6. The third kappa shape index (κ3) is 4.73. The number of rotatable bonds is 4. The van der Waals surface area contributed by atoms with Gasteiger partial charge in [0, 0.05) is 35.8 Å². The number of hydrogen-bond donors (Lipinski definition) is 1. The van der Waals surface area contributed by atoms with Crippen molar-refractivity contribution in [1.29, 1.82) is 0 Å². The van der Waals surface area contributed by atoms with Crippen LogP contribution in [0.15, 0.2) is 0 Å². The summed E-state index contributed by atoms with van der Waals surface area (Å²) in [6, 6.07) is 0. The van der Waals surface area contributed by atoms with E-state index in [1.54, 1.807) is 0 Å². The van der Waals surface area contributed by atoms with Crippen LogP contribution in [0, 0.1) is 18.3 Å². The second-order valence-electron chi connectivity index (χ2n) is 2.02. The van der Waals surface area contributed by atoms with E-state index in [0.717, 1.165) is 13.0 Å².